The Hall–Kier alpha value is -3.01. The Morgan fingerprint density at radius 1 is 0.783 bits per heavy atom. The van der Waals surface area contributed by atoms with Crippen molar-refractivity contribution < 1.29 is 19.0 Å². The van der Waals surface area contributed by atoms with Crippen LogP contribution in [-0.2, 0) is 0 Å². The third-order valence-electron chi connectivity index (χ3n) is 3.57. The Kier molecular flexibility index (Phi) is 4.15. The lowest BCUT2D eigenvalue weighted by Crippen LogP contribution is -2.09. The quantitative estimate of drug-likeness (QED) is 0.538. The summed E-state index contributed by atoms with van der Waals surface area (Å²) in [6.45, 7) is 0. The highest BCUT2D eigenvalue weighted by Crippen LogP contribution is 2.41. The Labute approximate surface area is 134 Å². The van der Waals surface area contributed by atoms with Crippen LogP contribution in [0, 0.1) is 0 Å². The van der Waals surface area contributed by atoms with Gasteiger partial charge in [0.15, 0.2) is 11.5 Å². The Balaban J connectivity index is 2.11. The number of carbonyl (C=O) groups excluding carboxylic acids is 1. The van der Waals surface area contributed by atoms with Gasteiger partial charge in [0.2, 0.25) is 0 Å². The minimum atomic E-state index is -0.431. The summed E-state index contributed by atoms with van der Waals surface area (Å²) in [6, 6.07) is 18.1. The van der Waals surface area contributed by atoms with Gasteiger partial charge in [0.25, 0.3) is 0 Å². The predicted octanol–water partition coefficient (Wildman–Crippen LogP) is 4.08. The van der Waals surface area contributed by atoms with E-state index in [0.29, 0.717) is 22.8 Å². The highest BCUT2D eigenvalue weighted by molar-refractivity contribution is 5.99. The number of benzene rings is 3. The smallest absolute Gasteiger partial charge is 0.343 e. The summed E-state index contributed by atoms with van der Waals surface area (Å²) < 4.78 is 16.4. The number of rotatable bonds is 4. The summed E-state index contributed by atoms with van der Waals surface area (Å²) in [5.74, 6) is 1.07. The Bertz CT molecular complexity index is 841. The lowest BCUT2D eigenvalue weighted by molar-refractivity contribution is 0.0732. The van der Waals surface area contributed by atoms with E-state index in [1.165, 1.54) is 7.11 Å². The molecule has 0 unspecified atom stereocenters. The summed E-state index contributed by atoms with van der Waals surface area (Å²) in [4.78, 5) is 12.4. The van der Waals surface area contributed by atoms with E-state index in [9.17, 15) is 4.79 Å². The van der Waals surface area contributed by atoms with Gasteiger partial charge in [-0.25, -0.2) is 4.79 Å². The maximum atomic E-state index is 12.4. The molecule has 0 amide bonds. The first-order chi connectivity index (χ1) is 11.2. The monoisotopic (exact) mass is 308 g/mol. The second-order valence-electron chi connectivity index (χ2n) is 4.91. The third-order valence-corrected chi connectivity index (χ3v) is 3.57. The van der Waals surface area contributed by atoms with Crippen molar-refractivity contribution in [2.75, 3.05) is 14.2 Å². The molecule has 0 heterocycles. The zero-order valence-corrected chi connectivity index (χ0v) is 12.9. The minimum absolute atomic E-state index is 0.387. The number of esters is 1. The first-order valence-electron chi connectivity index (χ1n) is 7.15. The molecule has 0 aliphatic heterocycles. The predicted molar refractivity (Wildman–Crippen MR) is 88.5 cm³/mol. The number of hydrogen-bond donors (Lipinski definition) is 0. The lowest BCUT2D eigenvalue weighted by atomic mass is 10.1. The molecule has 0 N–H and O–H groups in total. The van der Waals surface area contributed by atoms with Crippen molar-refractivity contribution in [1.82, 2.24) is 0 Å². The lowest BCUT2D eigenvalue weighted by Gasteiger charge is -2.15. The Morgan fingerprint density at radius 2 is 1.39 bits per heavy atom. The van der Waals surface area contributed by atoms with Gasteiger partial charge in [-0.15, -0.1) is 0 Å². The number of methoxy groups -OCH3 is 2. The van der Waals surface area contributed by atoms with E-state index in [0.717, 1.165) is 10.8 Å². The topological polar surface area (TPSA) is 44.8 Å². The summed E-state index contributed by atoms with van der Waals surface area (Å²) in [7, 11) is 3.13. The van der Waals surface area contributed by atoms with Gasteiger partial charge in [-0.05, 0) is 12.1 Å². The largest absolute Gasteiger partial charge is 0.496 e. The molecule has 116 valence electrons. The normalized spacial score (nSPS) is 10.3. The van der Waals surface area contributed by atoms with E-state index < -0.39 is 5.97 Å². The third kappa shape index (κ3) is 2.83. The molecular weight excluding hydrogens is 292 g/mol. The van der Waals surface area contributed by atoms with Crippen molar-refractivity contribution in [3.05, 3.63) is 66.2 Å². The molecule has 0 bridgehead atoms. The molecule has 3 rings (SSSR count). The highest BCUT2D eigenvalue weighted by atomic mass is 16.6. The van der Waals surface area contributed by atoms with Crippen molar-refractivity contribution in [1.29, 1.82) is 0 Å². The van der Waals surface area contributed by atoms with Gasteiger partial charge in [-0.3, -0.25) is 0 Å². The van der Waals surface area contributed by atoms with Crippen molar-refractivity contribution in [2.45, 2.75) is 0 Å². The van der Waals surface area contributed by atoms with Crippen molar-refractivity contribution in [2.24, 2.45) is 0 Å². The molecular formula is C19H16O4. The second kappa shape index (κ2) is 6.40. The van der Waals surface area contributed by atoms with Crippen LogP contribution in [0.1, 0.15) is 10.4 Å². The van der Waals surface area contributed by atoms with Crippen LogP contribution in [0.5, 0.6) is 17.2 Å². The Morgan fingerprint density at radius 3 is 2.04 bits per heavy atom. The molecule has 3 aromatic carbocycles. The molecule has 0 atom stereocenters. The molecule has 3 aromatic rings. The first-order valence-corrected chi connectivity index (χ1v) is 7.15. The zero-order valence-electron chi connectivity index (χ0n) is 12.9. The molecule has 0 aromatic heterocycles. The van der Waals surface area contributed by atoms with Crippen LogP contribution in [0.3, 0.4) is 0 Å². The first kappa shape index (κ1) is 14.9. The number of carbonyl (C=O) groups is 1. The van der Waals surface area contributed by atoms with Crippen molar-refractivity contribution in [3.8, 4) is 17.2 Å². The number of fused-ring (bicyclic) bond motifs is 1. The molecule has 0 spiro atoms. The zero-order chi connectivity index (χ0) is 16.2. The molecule has 23 heavy (non-hydrogen) atoms. The standard InChI is InChI=1S/C19H16O4/c1-21-16-12-17(22-2)18(15-11-7-6-10-14(15)16)23-19(20)13-8-4-3-5-9-13/h3-12H,1-2H3. The van der Waals surface area contributed by atoms with E-state index >= 15 is 0 Å². The molecule has 0 saturated carbocycles. The fourth-order valence-corrected chi connectivity index (χ4v) is 2.44. The minimum Gasteiger partial charge on any atom is -0.496 e. The average molecular weight is 308 g/mol. The number of ether oxygens (including phenoxy) is 3. The maximum Gasteiger partial charge on any atom is 0.343 e. The van der Waals surface area contributed by atoms with Crippen molar-refractivity contribution >= 4 is 16.7 Å². The fourth-order valence-electron chi connectivity index (χ4n) is 2.44. The van der Waals surface area contributed by atoms with Gasteiger partial charge >= 0.3 is 5.97 Å². The summed E-state index contributed by atoms with van der Waals surface area (Å²) >= 11 is 0. The van der Waals surface area contributed by atoms with Gasteiger partial charge in [-0.2, -0.15) is 0 Å². The molecule has 0 saturated heterocycles. The van der Waals surface area contributed by atoms with Gasteiger partial charge < -0.3 is 14.2 Å². The van der Waals surface area contributed by atoms with E-state index in [1.807, 2.05) is 30.3 Å². The van der Waals surface area contributed by atoms with Crippen LogP contribution >= 0.6 is 0 Å². The summed E-state index contributed by atoms with van der Waals surface area (Å²) in [5.41, 5.74) is 0.481. The molecule has 4 heteroatoms. The van der Waals surface area contributed by atoms with Crippen molar-refractivity contribution in [3.63, 3.8) is 0 Å². The van der Waals surface area contributed by atoms with Crippen LogP contribution in [0.15, 0.2) is 60.7 Å². The van der Waals surface area contributed by atoms with Crippen LogP contribution < -0.4 is 14.2 Å². The van der Waals surface area contributed by atoms with Gasteiger partial charge in [0, 0.05) is 16.8 Å². The fraction of sp³-hybridized carbons (Fsp3) is 0.105. The summed E-state index contributed by atoms with van der Waals surface area (Å²) in [5, 5.41) is 1.61. The second-order valence-corrected chi connectivity index (χ2v) is 4.91. The molecule has 0 aliphatic carbocycles. The SMILES string of the molecule is COc1cc(OC)c2ccccc2c1OC(=O)c1ccccc1. The number of hydrogen-bond acceptors (Lipinski definition) is 4. The molecule has 4 nitrogen and oxygen atoms in total. The van der Waals surface area contributed by atoms with Crippen LogP contribution in [0.4, 0.5) is 0 Å². The molecule has 0 fully saturated rings. The van der Waals surface area contributed by atoms with E-state index in [1.54, 1.807) is 37.4 Å². The van der Waals surface area contributed by atoms with Gasteiger partial charge in [-0.1, -0.05) is 42.5 Å². The average Bonchev–Trinajstić information content (AvgIpc) is 2.62. The van der Waals surface area contributed by atoms with Gasteiger partial charge in [0.1, 0.15) is 5.75 Å². The van der Waals surface area contributed by atoms with E-state index in [2.05, 4.69) is 0 Å². The van der Waals surface area contributed by atoms with E-state index in [4.69, 9.17) is 14.2 Å². The van der Waals surface area contributed by atoms with E-state index in [-0.39, 0.29) is 0 Å². The maximum absolute atomic E-state index is 12.4. The molecule has 0 aliphatic rings. The van der Waals surface area contributed by atoms with Crippen LogP contribution in [0.2, 0.25) is 0 Å². The molecule has 0 radical (unpaired) electrons. The van der Waals surface area contributed by atoms with Gasteiger partial charge in [0.05, 0.1) is 19.8 Å². The van der Waals surface area contributed by atoms with Crippen LogP contribution in [0.25, 0.3) is 10.8 Å². The van der Waals surface area contributed by atoms with Crippen LogP contribution in [-0.4, -0.2) is 20.2 Å². The highest BCUT2D eigenvalue weighted by Gasteiger charge is 2.18. The summed E-state index contributed by atoms with van der Waals surface area (Å²) in [6.07, 6.45) is 0.